The number of hydrogen-bond acceptors (Lipinski definition) is 3. The van der Waals surface area contributed by atoms with Crippen LogP contribution in [0, 0.1) is 0 Å². The largest absolute Gasteiger partial charge is 0.506 e. The molecule has 3 nitrogen and oxygen atoms in total. The van der Waals surface area contributed by atoms with E-state index in [9.17, 15) is 5.11 Å². The summed E-state index contributed by atoms with van der Waals surface area (Å²) in [6.07, 6.45) is 0. The Labute approximate surface area is 102 Å². The van der Waals surface area contributed by atoms with Gasteiger partial charge in [0.2, 0.25) is 0 Å². The monoisotopic (exact) mass is 290 g/mol. The zero-order valence-electron chi connectivity index (χ0n) is 8.06. The summed E-state index contributed by atoms with van der Waals surface area (Å²) in [4.78, 5) is 0. The van der Waals surface area contributed by atoms with Gasteiger partial charge in [-0.15, -0.1) is 0 Å². The number of rotatable bonds is 1. The van der Waals surface area contributed by atoms with Crippen LogP contribution in [-0.2, 0) is 0 Å². The summed E-state index contributed by atoms with van der Waals surface area (Å²) in [6.45, 7) is 2.69. The molecule has 82 valence electrons. The zero-order chi connectivity index (χ0) is 10.8. The lowest BCUT2D eigenvalue weighted by atomic mass is 10.0. The van der Waals surface area contributed by atoms with E-state index >= 15 is 0 Å². The Morgan fingerprint density at radius 1 is 1.40 bits per heavy atom. The Morgan fingerprint density at radius 2 is 2.20 bits per heavy atom. The number of hydrogen-bond donors (Lipinski definition) is 3. The second-order valence-electron chi connectivity index (χ2n) is 3.51. The number of benzene rings is 1. The van der Waals surface area contributed by atoms with Crippen molar-refractivity contribution in [2.45, 2.75) is 6.04 Å². The highest BCUT2D eigenvalue weighted by Gasteiger charge is 2.19. The summed E-state index contributed by atoms with van der Waals surface area (Å²) in [5, 5.41) is 17.1. The predicted molar refractivity (Wildman–Crippen MR) is 64.4 cm³/mol. The van der Waals surface area contributed by atoms with Crippen LogP contribution in [-0.4, -0.2) is 24.7 Å². The minimum absolute atomic E-state index is 0.146. The highest BCUT2D eigenvalue weighted by molar-refractivity contribution is 9.10. The lowest BCUT2D eigenvalue weighted by molar-refractivity contribution is 0.403. The standard InChI is InChI=1S/C10H12BrClN2O/c11-9-7(12)2-1-6(10(9)15)8-5-13-3-4-14-8/h1-2,8,13-15H,3-5H2/t8-/m1/s1. The van der Waals surface area contributed by atoms with E-state index in [1.165, 1.54) is 0 Å². The lowest BCUT2D eigenvalue weighted by Crippen LogP contribution is -2.42. The summed E-state index contributed by atoms with van der Waals surface area (Å²) >= 11 is 9.15. The van der Waals surface area contributed by atoms with Gasteiger partial charge in [0.1, 0.15) is 5.75 Å². The Morgan fingerprint density at radius 3 is 2.87 bits per heavy atom. The molecule has 0 saturated carbocycles. The van der Waals surface area contributed by atoms with Crippen LogP contribution in [0.15, 0.2) is 16.6 Å². The lowest BCUT2D eigenvalue weighted by Gasteiger charge is -2.25. The highest BCUT2D eigenvalue weighted by Crippen LogP contribution is 2.37. The molecular weight excluding hydrogens is 279 g/mol. The number of nitrogens with one attached hydrogen (secondary N) is 2. The van der Waals surface area contributed by atoms with E-state index in [1.807, 2.05) is 6.07 Å². The fourth-order valence-electron chi connectivity index (χ4n) is 1.71. The average Bonchev–Trinajstić information content (AvgIpc) is 2.27. The van der Waals surface area contributed by atoms with E-state index in [4.69, 9.17) is 11.6 Å². The van der Waals surface area contributed by atoms with Crippen molar-refractivity contribution in [3.05, 3.63) is 27.2 Å². The van der Waals surface area contributed by atoms with E-state index in [0.29, 0.717) is 9.50 Å². The number of phenolic OH excluding ortho intramolecular Hbond substituents is 1. The molecule has 0 aromatic heterocycles. The molecule has 0 radical (unpaired) electrons. The molecule has 1 heterocycles. The van der Waals surface area contributed by atoms with Gasteiger partial charge >= 0.3 is 0 Å². The van der Waals surface area contributed by atoms with Crippen LogP contribution in [0.4, 0.5) is 0 Å². The summed E-state index contributed by atoms with van der Waals surface area (Å²) in [7, 11) is 0. The van der Waals surface area contributed by atoms with Crippen molar-refractivity contribution in [3.63, 3.8) is 0 Å². The third-order valence-corrected chi connectivity index (χ3v) is 3.86. The van der Waals surface area contributed by atoms with Gasteiger partial charge in [-0.1, -0.05) is 17.7 Å². The second kappa shape index (κ2) is 4.70. The van der Waals surface area contributed by atoms with Crippen molar-refractivity contribution in [1.29, 1.82) is 0 Å². The molecule has 1 atom stereocenters. The third kappa shape index (κ3) is 2.28. The molecule has 0 unspecified atom stereocenters. The molecule has 1 aliphatic rings. The molecule has 2 rings (SSSR count). The van der Waals surface area contributed by atoms with Crippen LogP contribution in [0.25, 0.3) is 0 Å². The molecular formula is C10H12BrClN2O. The number of phenols is 1. The smallest absolute Gasteiger partial charge is 0.136 e. The molecule has 1 aromatic rings. The van der Waals surface area contributed by atoms with Crippen LogP contribution in [0.1, 0.15) is 11.6 Å². The van der Waals surface area contributed by atoms with Crippen molar-refractivity contribution in [1.82, 2.24) is 10.6 Å². The summed E-state index contributed by atoms with van der Waals surface area (Å²) < 4.78 is 0.564. The van der Waals surface area contributed by atoms with Crippen LogP contribution >= 0.6 is 27.5 Å². The minimum atomic E-state index is 0.146. The fourth-order valence-corrected chi connectivity index (χ4v) is 2.22. The zero-order valence-corrected chi connectivity index (χ0v) is 10.4. The third-order valence-electron chi connectivity index (χ3n) is 2.52. The van der Waals surface area contributed by atoms with Crippen molar-refractivity contribution in [2.75, 3.05) is 19.6 Å². The maximum absolute atomic E-state index is 9.93. The van der Waals surface area contributed by atoms with Crippen LogP contribution < -0.4 is 10.6 Å². The molecule has 15 heavy (non-hydrogen) atoms. The van der Waals surface area contributed by atoms with E-state index in [2.05, 4.69) is 26.6 Å². The first-order chi connectivity index (χ1) is 7.20. The van der Waals surface area contributed by atoms with Gasteiger partial charge in [0.05, 0.1) is 9.50 Å². The molecule has 1 fully saturated rings. The van der Waals surface area contributed by atoms with Gasteiger partial charge in [0, 0.05) is 31.2 Å². The minimum Gasteiger partial charge on any atom is -0.506 e. The highest BCUT2D eigenvalue weighted by atomic mass is 79.9. The van der Waals surface area contributed by atoms with Gasteiger partial charge in [-0.3, -0.25) is 0 Å². The number of aromatic hydroxyl groups is 1. The molecule has 3 N–H and O–H groups in total. The van der Waals surface area contributed by atoms with E-state index < -0.39 is 0 Å². The van der Waals surface area contributed by atoms with Crippen LogP contribution in [0.5, 0.6) is 5.75 Å². The van der Waals surface area contributed by atoms with Crippen molar-refractivity contribution in [2.24, 2.45) is 0 Å². The first-order valence-corrected chi connectivity index (χ1v) is 5.98. The first-order valence-electron chi connectivity index (χ1n) is 4.81. The fraction of sp³-hybridized carbons (Fsp3) is 0.400. The van der Waals surface area contributed by atoms with Gasteiger partial charge in [-0.25, -0.2) is 0 Å². The number of piperazine rings is 1. The van der Waals surface area contributed by atoms with Gasteiger partial charge in [-0.05, 0) is 22.0 Å². The Bertz CT molecular complexity index is 367. The van der Waals surface area contributed by atoms with Gasteiger partial charge in [-0.2, -0.15) is 0 Å². The van der Waals surface area contributed by atoms with E-state index in [0.717, 1.165) is 25.2 Å². The topological polar surface area (TPSA) is 44.3 Å². The Balaban J connectivity index is 2.31. The van der Waals surface area contributed by atoms with Gasteiger partial charge < -0.3 is 15.7 Å². The average molecular weight is 292 g/mol. The van der Waals surface area contributed by atoms with Gasteiger partial charge in [0.15, 0.2) is 0 Å². The molecule has 1 aliphatic heterocycles. The number of halogens is 2. The maximum atomic E-state index is 9.93. The summed E-state index contributed by atoms with van der Waals surface area (Å²) in [6, 6.07) is 3.79. The maximum Gasteiger partial charge on any atom is 0.136 e. The molecule has 1 saturated heterocycles. The molecule has 1 aromatic carbocycles. The summed E-state index contributed by atoms with van der Waals surface area (Å²) in [5.74, 6) is 0.226. The summed E-state index contributed by atoms with van der Waals surface area (Å²) in [5.41, 5.74) is 0.874. The van der Waals surface area contributed by atoms with Crippen LogP contribution in [0.3, 0.4) is 0 Å². The molecule has 0 aliphatic carbocycles. The van der Waals surface area contributed by atoms with Crippen molar-refractivity contribution >= 4 is 27.5 Å². The molecule has 0 amide bonds. The molecule has 5 heteroatoms. The Hall–Kier alpha value is -0.290. The van der Waals surface area contributed by atoms with E-state index in [-0.39, 0.29) is 11.8 Å². The van der Waals surface area contributed by atoms with Crippen molar-refractivity contribution in [3.8, 4) is 5.75 Å². The Kier molecular flexibility index (Phi) is 3.51. The molecule has 0 bridgehead atoms. The van der Waals surface area contributed by atoms with Crippen LogP contribution in [0.2, 0.25) is 5.02 Å². The van der Waals surface area contributed by atoms with Gasteiger partial charge in [0.25, 0.3) is 0 Å². The van der Waals surface area contributed by atoms with E-state index in [1.54, 1.807) is 6.07 Å². The van der Waals surface area contributed by atoms with Crippen molar-refractivity contribution < 1.29 is 5.11 Å². The normalized spacial score (nSPS) is 21.6. The molecule has 0 spiro atoms. The SMILES string of the molecule is Oc1c([C@H]2CNCCN2)ccc(Cl)c1Br. The first kappa shape index (κ1) is 11.2. The second-order valence-corrected chi connectivity index (χ2v) is 4.71. The predicted octanol–water partition coefficient (Wildman–Crippen LogP) is 2.04. The quantitative estimate of drug-likeness (QED) is 0.742.